The average Bonchev–Trinajstić information content (AvgIpc) is 2.35. The summed E-state index contributed by atoms with van der Waals surface area (Å²) in [5.74, 6) is 0.530. The largest absolute Gasteiger partial charge is 0.497 e. The second-order valence-corrected chi connectivity index (χ2v) is 7.80. The molecular formula is C14H22N2O4S. The van der Waals surface area contributed by atoms with E-state index < -0.39 is 15.6 Å². The van der Waals surface area contributed by atoms with Crippen molar-refractivity contribution in [3.63, 3.8) is 0 Å². The Labute approximate surface area is 125 Å². The second kappa shape index (κ2) is 5.47. The zero-order chi connectivity index (χ0) is 15.8. The summed E-state index contributed by atoms with van der Waals surface area (Å²) in [6, 6.07) is 4.59. The number of anilines is 1. The van der Waals surface area contributed by atoms with Gasteiger partial charge in [0, 0.05) is 19.2 Å². The monoisotopic (exact) mass is 314 g/mol. The number of nitrogen functional groups attached to an aromatic ring is 1. The van der Waals surface area contributed by atoms with Crippen LogP contribution in [0, 0.1) is 0 Å². The van der Waals surface area contributed by atoms with E-state index in [0.29, 0.717) is 18.8 Å². The fraction of sp³-hybridized carbons (Fsp3) is 0.571. The first kappa shape index (κ1) is 16.1. The molecule has 0 spiro atoms. The van der Waals surface area contributed by atoms with Crippen molar-refractivity contribution in [1.29, 1.82) is 0 Å². The highest BCUT2D eigenvalue weighted by Gasteiger charge is 2.38. The Kier molecular flexibility index (Phi) is 4.19. The van der Waals surface area contributed by atoms with Crippen LogP contribution in [0.3, 0.4) is 0 Å². The number of nitrogens with zero attached hydrogens (tertiary/aromatic N) is 1. The molecule has 2 rings (SSSR count). The Morgan fingerprint density at radius 3 is 2.62 bits per heavy atom. The molecule has 1 aromatic rings. The third-order valence-electron chi connectivity index (χ3n) is 3.37. The highest BCUT2D eigenvalue weighted by Crippen LogP contribution is 2.30. The van der Waals surface area contributed by atoms with Gasteiger partial charge in [0.15, 0.2) is 0 Å². The van der Waals surface area contributed by atoms with E-state index in [-0.39, 0.29) is 16.7 Å². The molecule has 0 amide bonds. The fourth-order valence-electron chi connectivity index (χ4n) is 2.61. The Balaban J connectivity index is 2.38. The van der Waals surface area contributed by atoms with Crippen molar-refractivity contribution >= 4 is 15.7 Å². The fourth-order valence-corrected chi connectivity index (χ4v) is 4.37. The number of ether oxygens (including phenoxy) is 2. The normalized spacial score (nSPS) is 23.0. The van der Waals surface area contributed by atoms with Gasteiger partial charge in [0.1, 0.15) is 10.6 Å². The molecule has 1 fully saturated rings. The van der Waals surface area contributed by atoms with E-state index in [1.807, 2.05) is 20.8 Å². The summed E-state index contributed by atoms with van der Waals surface area (Å²) in [6.07, 6.45) is -0.164. The van der Waals surface area contributed by atoms with Crippen LogP contribution < -0.4 is 10.5 Å². The van der Waals surface area contributed by atoms with Crippen molar-refractivity contribution in [2.24, 2.45) is 0 Å². The maximum atomic E-state index is 12.8. The predicted molar refractivity (Wildman–Crippen MR) is 80.8 cm³/mol. The van der Waals surface area contributed by atoms with Crippen molar-refractivity contribution in [1.82, 2.24) is 4.31 Å². The predicted octanol–water partition coefficient (Wildman–Crippen LogP) is 1.47. The number of hydrogen-bond donors (Lipinski definition) is 1. The second-order valence-electron chi connectivity index (χ2n) is 5.89. The van der Waals surface area contributed by atoms with Crippen LogP contribution in [0.1, 0.15) is 20.8 Å². The van der Waals surface area contributed by atoms with Gasteiger partial charge >= 0.3 is 0 Å². The summed E-state index contributed by atoms with van der Waals surface area (Å²) >= 11 is 0. The molecule has 0 aromatic heterocycles. The average molecular weight is 314 g/mol. The zero-order valence-corrected chi connectivity index (χ0v) is 13.6. The van der Waals surface area contributed by atoms with Gasteiger partial charge in [-0.2, -0.15) is 4.31 Å². The lowest BCUT2D eigenvalue weighted by Crippen LogP contribution is -2.53. The lowest BCUT2D eigenvalue weighted by Gasteiger charge is -2.41. The Morgan fingerprint density at radius 2 is 2.10 bits per heavy atom. The molecule has 6 nitrogen and oxygen atoms in total. The number of hydrogen-bond acceptors (Lipinski definition) is 5. The number of sulfonamides is 1. The van der Waals surface area contributed by atoms with E-state index in [2.05, 4.69) is 0 Å². The van der Waals surface area contributed by atoms with Gasteiger partial charge in [-0.15, -0.1) is 0 Å². The molecule has 1 aromatic carbocycles. The summed E-state index contributed by atoms with van der Waals surface area (Å²) in [5, 5.41) is 0. The van der Waals surface area contributed by atoms with Gasteiger partial charge in [0.05, 0.1) is 24.5 Å². The molecule has 0 bridgehead atoms. The van der Waals surface area contributed by atoms with Crippen LogP contribution in [0.15, 0.2) is 23.1 Å². The first-order valence-electron chi connectivity index (χ1n) is 6.77. The number of rotatable bonds is 3. The van der Waals surface area contributed by atoms with Gasteiger partial charge in [-0.1, -0.05) is 0 Å². The Bertz CT molecular complexity index is 628. The minimum Gasteiger partial charge on any atom is -0.497 e. The zero-order valence-electron chi connectivity index (χ0n) is 12.8. The quantitative estimate of drug-likeness (QED) is 0.854. The van der Waals surface area contributed by atoms with E-state index in [4.69, 9.17) is 15.2 Å². The SMILES string of the molecule is COc1ccc(S(=O)(=O)N2CC(C)OC(C)(C)C2)c(N)c1. The highest BCUT2D eigenvalue weighted by atomic mass is 32.2. The van der Waals surface area contributed by atoms with Gasteiger partial charge in [-0.3, -0.25) is 0 Å². The van der Waals surface area contributed by atoms with Crippen LogP contribution in [0.4, 0.5) is 5.69 Å². The van der Waals surface area contributed by atoms with Crippen LogP contribution in [0.5, 0.6) is 5.75 Å². The Hall–Kier alpha value is -1.31. The van der Waals surface area contributed by atoms with E-state index in [9.17, 15) is 8.42 Å². The summed E-state index contributed by atoms with van der Waals surface area (Å²) in [4.78, 5) is 0.105. The first-order chi connectivity index (χ1) is 9.65. The van der Waals surface area contributed by atoms with Gasteiger partial charge < -0.3 is 15.2 Å². The Morgan fingerprint density at radius 1 is 1.43 bits per heavy atom. The van der Waals surface area contributed by atoms with E-state index in [1.54, 1.807) is 6.07 Å². The molecule has 1 heterocycles. The number of nitrogens with two attached hydrogens (primary N) is 1. The van der Waals surface area contributed by atoms with E-state index in [1.165, 1.54) is 23.5 Å². The van der Waals surface area contributed by atoms with Crippen LogP contribution in [0.2, 0.25) is 0 Å². The minimum atomic E-state index is -3.65. The van der Waals surface area contributed by atoms with Crippen molar-refractivity contribution < 1.29 is 17.9 Å². The third kappa shape index (κ3) is 3.30. The van der Waals surface area contributed by atoms with Crippen LogP contribution in [0.25, 0.3) is 0 Å². The van der Waals surface area contributed by atoms with Crippen molar-refractivity contribution in [2.75, 3.05) is 25.9 Å². The number of morpholine rings is 1. The molecule has 1 atom stereocenters. The summed E-state index contributed by atoms with van der Waals surface area (Å²) in [6.45, 7) is 6.23. The van der Waals surface area contributed by atoms with Gasteiger partial charge in [-0.05, 0) is 32.9 Å². The molecule has 21 heavy (non-hydrogen) atoms. The molecular weight excluding hydrogens is 292 g/mol. The lowest BCUT2D eigenvalue weighted by molar-refractivity contribution is -0.109. The van der Waals surface area contributed by atoms with Crippen molar-refractivity contribution in [2.45, 2.75) is 37.4 Å². The minimum absolute atomic E-state index is 0.105. The number of benzene rings is 1. The summed E-state index contributed by atoms with van der Waals surface area (Å²) in [5.41, 5.74) is 5.54. The van der Waals surface area contributed by atoms with Gasteiger partial charge in [0.2, 0.25) is 10.0 Å². The van der Waals surface area contributed by atoms with Crippen LogP contribution >= 0.6 is 0 Å². The summed E-state index contributed by atoms with van der Waals surface area (Å²) in [7, 11) is -2.14. The van der Waals surface area contributed by atoms with Crippen molar-refractivity contribution in [3.05, 3.63) is 18.2 Å². The molecule has 1 aliphatic heterocycles. The maximum Gasteiger partial charge on any atom is 0.245 e. The molecule has 7 heteroatoms. The molecule has 2 N–H and O–H groups in total. The van der Waals surface area contributed by atoms with Crippen molar-refractivity contribution in [3.8, 4) is 5.75 Å². The van der Waals surface area contributed by atoms with E-state index in [0.717, 1.165) is 0 Å². The third-order valence-corrected chi connectivity index (χ3v) is 5.26. The van der Waals surface area contributed by atoms with Gasteiger partial charge in [-0.25, -0.2) is 8.42 Å². The molecule has 1 saturated heterocycles. The topological polar surface area (TPSA) is 81.9 Å². The molecule has 1 aliphatic rings. The van der Waals surface area contributed by atoms with Gasteiger partial charge in [0.25, 0.3) is 0 Å². The lowest BCUT2D eigenvalue weighted by atomic mass is 10.1. The molecule has 0 aliphatic carbocycles. The smallest absolute Gasteiger partial charge is 0.245 e. The standard InChI is InChI=1S/C14H22N2O4S/c1-10-8-16(9-14(2,3)20-10)21(17,18)13-6-5-11(19-4)7-12(13)15/h5-7,10H,8-9,15H2,1-4H3. The van der Waals surface area contributed by atoms with E-state index >= 15 is 0 Å². The molecule has 118 valence electrons. The molecule has 0 radical (unpaired) electrons. The van der Waals surface area contributed by atoms with Crippen LogP contribution in [-0.4, -0.2) is 44.6 Å². The maximum absolute atomic E-state index is 12.8. The highest BCUT2D eigenvalue weighted by molar-refractivity contribution is 7.89. The number of methoxy groups -OCH3 is 1. The molecule has 1 unspecified atom stereocenters. The molecule has 0 saturated carbocycles. The summed E-state index contributed by atoms with van der Waals surface area (Å²) < 4.78 is 37.8. The first-order valence-corrected chi connectivity index (χ1v) is 8.21. The van der Waals surface area contributed by atoms with Crippen LogP contribution in [-0.2, 0) is 14.8 Å².